The minimum atomic E-state index is -0.977. The van der Waals surface area contributed by atoms with Crippen molar-refractivity contribution < 1.29 is 15.0 Å². The first-order chi connectivity index (χ1) is 7.91. The molecule has 0 aliphatic heterocycles. The van der Waals surface area contributed by atoms with Crippen LogP contribution in [0.5, 0.6) is 0 Å². The maximum Gasteiger partial charge on any atom is 0.335 e. The van der Waals surface area contributed by atoms with Gasteiger partial charge in [0.1, 0.15) is 0 Å². The van der Waals surface area contributed by atoms with Gasteiger partial charge in [0.05, 0.1) is 23.0 Å². The second kappa shape index (κ2) is 5.54. The molecule has 1 rings (SSSR count). The van der Waals surface area contributed by atoms with Crippen molar-refractivity contribution >= 4 is 17.3 Å². The number of benzene rings is 1. The van der Waals surface area contributed by atoms with E-state index in [2.05, 4.69) is 0 Å². The van der Waals surface area contributed by atoms with E-state index in [0.717, 1.165) is 0 Å². The number of carboxylic acids is 1. The van der Waals surface area contributed by atoms with Gasteiger partial charge in [-0.1, -0.05) is 0 Å². The van der Waals surface area contributed by atoms with Crippen molar-refractivity contribution in [2.24, 2.45) is 0 Å². The van der Waals surface area contributed by atoms with Crippen LogP contribution in [0.4, 0.5) is 11.4 Å². The molecular weight excluding hydrogens is 220 g/mol. The molecule has 0 spiro atoms. The number of carbonyl (C=O) groups is 1. The monoisotopic (exact) mass is 238 g/mol. The molecule has 1 atom stereocenters. The van der Waals surface area contributed by atoms with Gasteiger partial charge in [-0.05, 0) is 31.5 Å². The van der Waals surface area contributed by atoms with Crippen LogP contribution < -0.4 is 10.6 Å². The zero-order valence-corrected chi connectivity index (χ0v) is 10.1. The number of nitrogen functional groups attached to an aromatic ring is 1. The Balaban J connectivity index is 2.87. The second-order valence-electron chi connectivity index (χ2n) is 4.14. The molecule has 1 aromatic rings. The van der Waals surface area contributed by atoms with Crippen LogP contribution in [0.2, 0.25) is 0 Å². The van der Waals surface area contributed by atoms with E-state index in [4.69, 9.17) is 10.8 Å². The van der Waals surface area contributed by atoms with Gasteiger partial charge in [-0.2, -0.15) is 0 Å². The molecule has 1 aromatic carbocycles. The van der Waals surface area contributed by atoms with Gasteiger partial charge in [0.15, 0.2) is 0 Å². The minimum Gasteiger partial charge on any atom is -0.478 e. The Labute approximate surface area is 100 Å². The van der Waals surface area contributed by atoms with Crippen LogP contribution in [0.15, 0.2) is 18.2 Å². The molecule has 17 heavy (non-hydrogen) atoms. The van der Waals surface area contributed by atoms with Gasteiger partial charge < -0.3 is 20.8 Å². The fraction of sp³-hybridized carbons (Fsp3) is 0.417. The van der Waals surface area contributed by atoms with Crippen molar-refractivity contribution in [3.05, 3.63) is 23.8 Å². The molecule has 0 saturated heterocycles. The lowest BCUT2D eigenvalue weighted by Gasteiger charge is -2.22. The summed E-state index contributed by atoms with van der Waals surface area (Å²) < 4.78 is 0. The Morgan fingerprint density at radius 3 is 2.71 bits per heavy atom. The zero-order valence-electron chi connectivity index (χ0n) is 10.1. The molecule has 5 heteroatoms. The summed E-state index contributed by atoms with van der Waals surface area (Å²) in [6, 6.07) is 4.60. The standard InChI is InChI=1S/C12H18N2O3/c1-8(15)5-6-14(2)11-7-9(12(16)17)3-4-10(11)13/h3-4,7-8,15H,5-6,13H2,1-2H3,(H,16,17). The van der Waals surface area contributed by atoms with Crippen molar-refractivity contribution in [1.82, 2.24) is 0 Å². The van der Waals surface area contributed by atoms with Gasteiger partial charge in [-0.3, -0.25) is 0 Å². The lowest BCUT2D eigenvalue weighted by molar-refractivity contribution is 0.0697. The van der Waals surface area contributed by atoms with Crippen LogP contribution in [0.25, 0.3) is 0 Å². The molecule has 0 saturated carbocycles. The van der Waals surface area contributed by atoms with E-state index in [1.807, 2.05) is 11.9 Å². The van der Waals surface area contributed by atoms with Crippen molar-refractivity contribution in [3.8, 4) is 0 Å². The Bertz CT molecular complexity index is 405. The van der Waals surface area contributed by atoms with Gasteiger partial charge in [0.25, 0.3) is 0 Å². The fourth-order valence-electron chi connectivity index (χ4n) is 1.51. The van der Waals surface area contributed by atoms with E-state index in [1.54, 1.807) is 19.1 Å². The third kappa shape index (κ3) is 3.64. The quantitative estimate of drug-likeness (QED) is 0.670. The number of nitrogens with two attached hydrogens (primary N) is 1. The topological polar surface area (TPSA) is 86.8 Å². The summed E-state index contributed by atoms with van der Waals surface area (Å²) in [5.41, 5.74) is 7.21. The molecule has 0 aromatic heterocycles. The van der Waals surface area contributed by atoms with Crippen molar-refractivity contribution in [3.63, 3.8) is 0 Å². The van der Waals surface area contributed by atoms with Crippen molar-refractivity contribution in [2.75, 3.05) is 24.2 Å². The SMILES string of the molecule is CC(O)CCN(C)c1cc(C(=O)O)ccc1N. The van der Waals surface area contributed by atoms with Crippen LogP contribution in [-0.4, -0.2) is 35.9 Å². The number of hydrogen-bond donors (Lipinski definition) is 3. The summed E-state index contributed by atoms with van der Waals surface area (Å²) in [5.74, 6) is -0.977. The largest absolute Gasteiger partial charge is 0.478 e. The van der Waals surface area contributed by atoms with E-state index in [9.17, 15) is 9.90 Å². The number of hydrogen-bond acceptors (Lipinski definition) is 4. The first-order valence-electron chi connectivity index (χ1n) is 5.44. The van der Waals surface area contributed by atoms with Crippen molar-refractivity contribution in [1.29, 1.82) is 0 Å². The summed E-state index contributed by atoms with van der Waals surface area (Å²) in [6.07, 6.45) is 0.217. The zero-order chi connectivity index (χ0) is 13.0. The Morgan fingerprint density at radius 2 is 2.18 bits per heavy atom. The van der Waals surface area contributed by atoms with Crippen LogP contribution in [0.3, 0.4) is 0 Å². The van der Waals surface area contributed by atoms with Crippen LogP contribution >= 0.6 is 0 Å². The summed E-state index contributed by atoms with van der Waals surface area (Å²) in [7, 11) is 1.82. The van der Waals surface area contributed by atoms with E-state index >= 15 is 0 Å². The third-order valence-corrected chi connectivity index (χ3v) is 2.57. The second-order valence-corrected chi connectivity index (χ2v) is 4.14. The Morgan fingerprint density at radius 1 is 1.53 bits per heavy atom. The van der Waals surface area contributed by atoms with E-state index in [-0.39, 0.29) is 11.7 Å². The van der Waals surface area contributed by atoms with E-state index in [0.29, 0.717) is 24.3 Å². The lowest BCUT2D eigenvalue weighted by Crippen LogP contribution is -2.23. The summed E-state index contributed by atoms with van der Waals surface area (Å²) in [6.45, 7) is 2.33. The molecule has 1 unspecified atom stereocenters. The molecule has 0 fully saturated rings. The maximum atomic E-state index is 10.9. The first-order valence-corrected chi connectivity index (χ1v) is 5.44. The van der Waals surface area contributed by atoms with Gasteiger partial charge in [-0.25, -0.2) is 4.79 Å². The van der Waals surface area contributed by atoms with Crippen LogP contribution in [0, 0.1) is 0 Å². The van der Waals surface area contributed by atoms with E-state index < -0.39 is 5.97 Å². The van der Waals surface area contributed by atoms with Crippen molar-refractivity contribution in [2.45, 2.75) is 19.4 Å². The minimum absolute atomic E-state index is 0.207. The van der Waals surface area contributed by atoms with E-state index in [1.165, 1.54) is 6.07 Å². The number of aliphatic hydroxyl groups excluding tert-OH is 1. The molecular formula is C12H18N2O3. The number of nitrogens with zero attached hydrogens (tertiary/aromatic N) is 1. The molecule has 0 aliphatic rings. The Kier molecular flexibility index (Phi) is 4.34. The maximum absolute atomic E-state index is 10.9. The number of rotatable bonds is 5. The molecule has 0 heterocycles. The van der Waals surface area contributed by atoms with Crippen LogP contribution in [-0.2, 0) is 0 Å². The predicted molar refractivity (Wildman–Crippen MR) is 67.4 cm³/mol. The molecule has 5 nitrogen and oxygen atoms in total. The molecule has 0 amide bonds. The van der Waals surface area contributed by atoms with Gasteiger partial charge >= 0.3 is 5.97 Å². The highest BCUT2D eigenvalue weighted by atomic mass is 16.4. The molecule has 94 valence electrons. The summed E-state index contributed by atoms with van der Waals surface area (Å²) in [5, 5.41) is 18.1. The summed E-state index contributed by atoms with van der Waals surface area (Å²) >= 11 is 0. The highest BCUT2D eigenvalue weighted by molar-refractivity contribution is 5.90. The molecule has 0 bridgehead atoms. The predicted octanol–water partition coefficient (Wildman–Crippen LogP) is 1.17. The highest BCUT2D eigenvalue weighted by Crippen LogP contribution is 2.23. The first kappa shape index (κ1) is 13.3. The molecule has 0 aliphatic carbocycles. The third-order valence-electron chi connectivity index (χ3n) is 2.57. The van der Waals surface area contributed by atoms with Gasteiger partial charge in [-0.15, -0.1) is 0 Å². The number of carboxylic acid groups (broad SMARTS) is 1. The number of aliphatic hydroxyl groups is 1. The molecule has 0 radical (unpaired) electrons. The smallest absolute Gasteiger partial charge is 0.335 e. The van der Waals surface area contributed by atoms with Gasteiger partial charge in [0, 0.05) is 13.6 Å². The Hall–Kier alpha value is -1.75. The normalized spacial score (nSPS) is 12.2. The number of aromatic carboxylic acids is 1. The van der Waals surface area contributed by atoms with Gasteiger partial charge in [0.2, 0.25) is 0 Å². The van der Waals surface area contributed by atoms with Crippen LogP contribution in [0.1, 0.15) is 23.7 Å². The summed E-state index contributed by atoms with van der Waals surface area (Å²) in [4.78, 5) is 12.7. The fourth-order valence-corrected chi connectivity index (χ4v) is 1.51. The molecule has 4 N–H and O–H groups in total. The lowest BCUT2D eigenvalue weighted by atomic mass is 10.1. The average molecular weight is 238 g/mol. The number of anilines is 2. The highest BCUT2D eigenvalue weighted by Gasteiger charge is 2.10. The average Bonchev–Trinajstić information content (AvgIpc) is 2.26.